The summed E-state index contributed by atoms with van der Waals surface area (Å²) in [5, 5.41) is 0. The molecule has 0 aliphatic rings. The molecule has 2 heteroatoms. The van der Waals surface area contributed by atoms with Crippen LogP contribution < -0.4 is 51.4 Å². The predicted octanol–water partition coefficient (Wildman–Crippen LogP) is -0.636. The van der Waals surface area contributed by atoms with E-state index in [1.165, 1.54) is 0 Å². The van der Waals surface area contributed by atoms with Gasteiger partial charge in [0, 0.05) is 6.20 Å². The molecule has 0 saturated carbocycles. The monoisotopic (exact) mass is 161 g/mol. The van der Waals surface area contributed by atoms with Gasteiger partial charge in [-0.05, 0) is 6.92 Å². The van der Waals surface area contributed by atoms with Gasteiger partial charge in [-0.3, -0.25) is 6.08 Å². The molecular formula is C8H12KN. The standard InChI is InChI=1S/C8H12N.K/c1-3-5-6-8-9-7-4-2;/h4-5,7-8H,3H2,1-2H3;/q-1;+1/b7-4-,9-8?;. The van der Waals surface area contributed by atoms with E-state index in [1.54, 1.807) is 12.4 Å². The maximum atomic E-state index is 3.88. The van der Waals surface area contributed by atoms with Crippen molar-refractivity contribution in [1.82, 2.24) is 0 Å². The van der Waals surface area contributed by atoms with Crippen LogP contribution in [0.3, 0.4) is 0 Å². The van der Waals surface area contributed by atoms with E-state index >= 15 is 0 Å². The molecule has 0 spiro atoms. The van der Waals surface area contributed by atoms with Gasteiger partial charge >= 0.3 is 51.4 Å². The Labute approximate surface area is 106 Å². The third-order valence-electron chi connectivity index (χ3n) is 0.706. The Morgan fingerprint density at radius 3 is 2.70 bits per heavy atom. The summed E-state index contributed by atoms with van der Waals surface area (Å²) in [5.41, 5.74) is 0. The van der Waals surface area contributed by atoms with Crippen LogP contribution in [0.15, 0.2) is 23.3 Å². The number of aliphatic imine (C=N–C) groups is 1. The topological polar surface area (TPSA) is 12.4 Å². The molecule has 0 unspecified atom stereocenters. The molecule has 0 bridgehead atoms. The molecule has 0 radical (unpaired) electrons. The van der Waals surface area contributed by atoms with Gasteiger partial charge in [-0.2, -0.15) is 6.21 Å². The van der Waals surface area contributed by atoms with Crippen molar-refractivity contribution in [1.29, 1.82) is 0 Å². The molecule has 0 aromatic carbocycles. The van der Waals surface area contributed by atoms with Crippen molar-refractivity contribution in [3.05, 3.63) is 24.4 Å². The Morgan fingerprint density at radius 2 is 2.20 bits per heavy atom. The third-order valence-corrected chi connectivity index (χ3v) is 0.706. The zero-order valence-corrected chi connectivity index (χ0v) is 10.1. The summed E-state index contributed by atoms with van der Waals surface area (Å²) in [4.78, 5) is 3.88. The number of hydrogen-bond acceptors (Lipinski definition) is 1. The second-order valence-electron chi connectivity index (χ2n) is 1.54. The van der Waals surface area contributed by atoms with Crippen molar-refractivity contribution in [3.63, 3.8) is 0 Å². The number of hydrogen-bond donors (Lipinski definition) is 0. The first-order chi connectivity index (χ1) is 4.41. The second kappa shape index (κ2) is 12.5. The molecule has 1 nitrogen and oxygen atoms in total. The first-order valence-corrected chi connectivity index (χ1v) is 3.12. The summed E-state index contributed by atoms with van der Waals surface area (Å²) in [6.45, 7) is 4.00. The van der Waals surface area contributed by atoms with E-state index in [0.29, 0.717) is 0 Å². The summed E-state index contributed by atoms with van der Waals surface area (Å²) in [5.74, 6) is 0. The van der Waals surface area contributed by atoms with Crippen LogP contribution in [0, 0.1) is 6.08 Å². The molecule has 10 heavy (non-hydrogen) atoms. The van der Waals surface area contributed by atoms with Gasteiger partial charge in [-0.1, -0.05) is 19.4 Å². The second-order valence-corrected chi connectivity index (χ2v) is 1.54. The Hall–Kier alpha value is 0.786. The fourth-order valence-electron chi connectivity index (χ4n) is 0.343. The molecule has 0 N–H and O–H groups in total. The normalized spacial score (nSPS) is 11.4. The minimum atomic E-state index is 0. The van der Waals surface area contributed by atoms with Crippen molar-refractivity contribution >= 4 is 6.21 Å². The van der Waals surface area contributed by atoms with Crippen molar-refractivity contribution in [3.8, 4) is 0 Å². The van der Waals surface area contributed by atoms with Crippen molar-refractivity contribution < 1.29 is 51.4 Å². The van der Waals surface area contributed by atoms with Crippen molar-refractivity contribution in [2.45, 2.75) is 20.3 Å². The van der Waals surface area contributed by atoms with Crippen molar-refractivity contribution in [2.75, 3.05) is 0 Å². The molecule has 0 aliphatic carbocycles. The predicted molar refractivity (Wildman–Crippen MR) is 41.4 cm³/mol. The van der Waals surface area contributed by atoms with Crippen LogP contribution in [0.1, 0.15) is 20.3 Å². The van der Waals surface area contributed by atoms with E-state index in [1.807, 2.05) is 19.1 Å². The van der Waals surface area contributed by atoms with Gasteiger partial charge in [0.1, 0.15) is 0 Å². The maximum absolute atomic E-state index is 3.88. The van der Waals surface area contributed by atoms with Crippen LogP contribution in [0.2, 0.25) is 0 Å². The van der Waals surface area contributed by atoms with E-state index in [2.05, 4.69) is 18.0 Å². The maximum Gasteiger partial charge on any atom is 1.00 e. The Balaban J connectivity index is 0. The Kier molecular flexibility index (Phi) is 16.7. The van der Waals surface area contributed by atoms with Gasteiger partial charge in [-0.15, -0.1) is 0 Å². The first-order valence-electron chi connectivity index (χ1n) is 3.12. The molecule has 0 rings (SSSR count). The van der Waals surface area contributed by atoms with E-state index < -0.39 is 0 Å². The zero-order valence-electron chi connectivity index (χ0n) is 6.96. The largest absolute Gasteiger partial charge is 1.00 e. The third kappa shape index (κ3) is 11.6. The average molecular weight is 161 g/mol. The molecule has 0 aromatic heterocycles. The fraction of sp³-hybridized carbons (Fsp3) is 0.375. The SMILES string of the molecule is C/C=C\N=C[C-]=CCC.[K+]. The van der Waals surface area contributed by atoms with E-state index in [4.69, 9.17) is 0 Å². The van der Waals surface area contributed by atoms with Gasteiger partial charge in [0.05, 0.1) is 0 Å². The van der Waals surface area contributed by atoms with Gasteiger partial charge in [0.2, 0.25) is 0 Å². The Bertz CT molecular complexity index is 125. The molecule has 0 amide bonds. The van der Waals surface area contributed by atoms with Gasteiger partial charge in [0.15, 0.2) is 0 Å². The van der Waals surface area contributed by atoms with Crippen LogP contribution >= 0.6 is 0 Å². The molecule has 0 aromatic rings. The molecule has 0 heterocycles. The van der Waals surface area contributed by atoms with Gasteiger partial charge in [0.25, 0.3) is 0 Å². The number of allylic oxidation sites excluding steroid dienone is 3. The molecular weight excluding hydrogens is 149 g/mol. The summed E-state index contributed by atoms with van der Waals surface area (Å²) in [6, 6.07) is 0. The minimum Gasteiger partial charge on any atom is -0.457 e. The van der Waals surface area contributed by atoms with Crippen LogP contribution in [0.4, 0.5) is 0 Å². The minimum absolute atomic E-state index is 0. The van der Waals surface area contributed by atoms with E-state index in [-0.39, 0.29) is 51.4 Å². The van der Waals surface area contributed by atoms with Crippen LogP contribution in [0.25, 0.3) is 0 Å². The number of nitrogens with zero attached hydrogens (tertiary/aromatic N) is 1. The van der Waals surface area contributed by atoms with Gasteiger partial charge in [-0.25, -0.2) is 0 Å². The summed E-state index contributed by atoms with van der Waals surface area (Å²) in [7, 11) is 0. The summed E-state index contributed by atoms with van der Waals surface area (Å²) in [6.07, 6.45) is 11.1. The van der Waals surface area contributed by atoms with Crippen LogP contribution in [-0.2, 0) is 0 Å². The average Bonchev–Trinajstić information content (AvgIpc) is 1.89. The smallest absolute Gasteiger partial charge is 0.457 e. The molecule has 0 saturated heterocycles. The molecule has 0 aliphatic heterocycles. The quantitative estimate of drug-likeness (QED) is 0.297. The van der Waals surface area contributed by atoms with Crippen LogP contribution in [-0.4, -0.2) is 6.21 Å². The molecule has 50 valence electrons. The summed E-state index contributed by atoms with van der Waals surface area (Å²) < 4.78 is 0. The van der Waals surface area contributed by atoms with Crippen LogP contribution in [0.5, 0.6) is 0 Å². The van der Waals surface area contributed by atoms with Gasteiger partial charge < -0.3 is 11.1 Å². The first kappa shape index (κ1) is 13.4. The Morgan fingerprint density at radius 1 is 1.50 bits per heavy atom. The summed E-state index contributed by atoms with van der Waals surface area (Å²) >= 11 is 0. The number of rotatable bonds is 3. The van der Waals surface area contributed by atoms with Crippen molar-refractivity contribution in [2.24, 2.45) is 4.99 Å². The van der Waals surface area contributed by atoms with E-state index in [0.717, 1.165) is 6.42 Å². The zero-order chi connectivity index (χ0) is 6.95. The molecule has 0 atom stereocenters. The van der Waals surface area contributed by atoms with E-state index in [9.17, 15) is 0 Å². The molecule has 0 fully saturated rings. The fourth-order valence-corrected chi connectivity index (χ4v) is 0.343.